The van der Waals surface area contributed by atoms with E-state index < -0.39 is 0 Å². The van der Waals surface area contributed by atoms with Crippen LogP contribution in [-0.4, -0.2) is 24.2 Å². The van der Waals surface area contributed by atoms with Crippen molar-refractivity contribution in [2.45, 2.75) is 44.4 Å². The molecule has 0 radical (unpaired) electrons. The van der Waals surface area contributed by atoms with E-state index in [0.717, 1.165) is 18.9 Å². The Morgan fingerprint density at radius 2 is 2.21 bits per heavy atom. The molecule has 106 valence electrons. The molecule has 0 aromatic heterocycles. The van der Waals surface area contributed by atoms with Crippen molar-refractivity contribution in [1.82, 2.24) is 5.32 Å². The Balaban J connectivity index is 2.20. The fraction of sp³-hybridized carbons (Fsp3) is 0.625. The van der Waals surface area contributed by atoms with E-state index in [4.69, 9.17) is 4.74 Å². The van der Waals surface area contributed by atoms with Crippen molar-refractivity contribution in [3.63, 3.8) is 0 Å². The maximum atomic E-state index is 5.81. The van der Waals surface area contributed by atoms with Gasteiger partial charge in [-0.2, -0.15) is 11.8 Å². The molecule has 1 heterocycles. The SMILES string of the molecule is CCCNC(c1ccccc1OCC)C1CCCS1. The van der Waals surface area contributed by atoms with Gasteiger partial charge in [0.05, 0.1) is 6.61 Å². The van der Waals surface area contributed by atoms with Crippen molar-refractivity contribution >= 4 is 11.8 Å². The number of hydrogen-bond donors (Lipinski definition) is 1. The van der Waals surface area contributed by atoms with Gasteiger partial charge in [-0.25, -0.2) is 0 Å². The highest BCUT2D eigenvalue weighted by molar-refractivity contribution is 8.00. The second kappa shape index (κ2) is 7.81. The first-order valence-electron chi connectivity index (χ1n) is 7.43. The molecule has 3 heteroatoms. The van der Waals surface area contributed by atoms with Crippen LogP contribution in [0.5, 0.6) is 5.75 Å². The molecule has 1 N–H and O–H groups in total. The molecule has 1 aliphatic heterocycles. The number of benzene rings is 1. The maximum Gasteiger partial charge on any atom is 0.124 e. The van der Waals surface area contributed by atoms with E-state index in [0.29, 0.717) is 11.3 Å². The summed E-state index contributed by atoms with van der Waals surface area (Å²) in [6, 6.07) is 8.93. The lowest BCUT2D eigenvalue weighted by Gasteiger charge is -2.26. The molecule has 0 saturated carbocycles. The van der Waals surface area contributed by atoms with Crippen LogP contribution in [0.3, 0.4) is 0 Å². The summed E-state index contributed by atoms with van der Waals surface area (Å²) in [5.41, 5.74) is 1.33. The molecule has 2 atom stereocenters. The zero-order valence-corrected chi connectivity index (χ0v) is 12.8. The van der Waals surface area contributed by atoms with Crippen molar-refractivity contribution < 1.29 is 4.74 Å². The zero-order valence-electron chi connectivity index (χ0n) is 12.0. The van der Waals surface area contributed by atoms with Gasteiger partial charge < -0.3 is 10.1 Å². The smallest absolute Gasteiger partial charge is 0.124 e. The Labute approximate surface area is 121 Å². The van der Waals surface area contributed by atoms with Crippen LogP contribution >= 0.6 is 11.8 Å². The summed E-state index contributed by atoms with van der Waals surface area (Å²) in [6.07, 6.45) is 3.83. The van der Waals surface area contributed by atoms with Gasteiger partial charge in [-0.3, -0.25) is 0 Å². The molecule has 0 aliphatic carbocycles. The lowest BCUT2D eigenvalue weighted by atomic mass is 9.99. The monoisotopic (exact) mass is 279 g/mol. The summed E-state index contributed by atoms with van der Waals surface area (Å²) < 4.78 is 5.81. The first-order chi connectivity index (χ1) is 9.36. The lowest BCUT2D eigenvalue weighted by molar-refractivity contribution is 0.330. The Bertz CT molecular complexity index is 377. The highest BCUT2D eigenvalue weighted by Gasteiger charge is 2.28. The molecule has 1 aliphatic rings. The summed E-state index contributed by atoms with van der Waals surface area (Å²) >= 11 is 2.10. The predicted octanol–water partition coefficient (Wildman–Crippen LogP) is 4.02. The van der Waals surface area contributed by atoms with Gasteiger partial charge in [0.1, 0.15) is 5.75 Å². The predicted molar refractivity (Wildman–Crippen MR) is 84.1 cm³/mol. The van der Waals surface area contributed by atoms with Gasteiger partial charge in [-0.1, -0.05) is 25.1 Å². The molecule has 0 bridgehead atoms. The Hall–Kier alpha value is -0.670. The largest absolute Gasteiger partial charge is 0.494 e. The highest BCUT2D eigenvalue weighted by Crippen LogP contribution is 2.39. The highest BCUT2D eigenvalue weighted by atomic mass is 32.2. The molecule has 1 aromatic carbocycles. The lowest BCUT2D eigenvalue weighted by Crippen LogP contribution is -2.30. The third-order valence-electron chi connectivity index (χ3n) is 3.50. The molecular formula is C16H25NOS. The molecule has 2 rings (SSSR count). The standard InChI is InChI=1S/C16H25NOS/c1-3-11-17-16(15-10-7-12-19-15)13-8-5-6-9-14(13)18-4-2/h5-6,8-9,15-17H,3-4,7,10-12H2,1-2H3. The number of thioether (sulfide) groups is 1. The number of nitrogens with one attached hydrogen (secondary N) is 1. The second-order valence-corrected chi connectivity index (χ2v) is 6.30. The molecule has 0 spiro atoms. The summed E-state index contributed by atoms with van der Waals surface area (Å²) in [5.74, 6) is 2.34. The van der Waals surface area contributed by atoms with Crippen LogP contribution in [0.4, 0.5) is 0 Å². The summed E-state index contributed by atoms with van der Waals surface area (Å²) in [6.45, 7) is 6.08. The van der Waals surface area contributed by atoms with Crippen molar-refractivity contribution in [2.75, 3.05) is 18.9 Å². The van der Waals surface area contributed by atoms with Crippen LogP contribution in [0.25, 0.3) is 0 Å². The molecule has 19 heavy (non-hydrogen) atoms. The Morgan fingerprint density at radius 3 is 2.89 bits per heavy atom. The number of para-hydroxylation sites is 1. The summed E-state index contributed by atoms with van der Waals surface area (Å²) in [4.78, 5) is 0. The Kier molecular flexibility index (Phi) is 6.05. The number of hydrogen-bond acceptors (Lipinski definition) is 3. The van der Waals surface area contributed by atoms with Crippen molar-refractivity contribution in [1.29, 1.82) is 0 Å². The third-order valence-corrected chi connectivity index (χ3v) is 4.97. The molecular weight excluding hydrogens is 254 g/mol. The van der Waals surface area contributed by atoms with Crippen molar-refractivity contribution in [3.8, 4) is 5.75 Å². The topological polar surface area (TPSA) is 21.3 Å². The molecule has 1 fully saturated rings. The fourth-order valence-electron chi connectivity index (χ4n) is 2.63. The van der Waals surface area contributed by atoms with E-state index in [2.05, 4.69) is 55.2 Å². The molecule has 2 nitrogen and oxygen atoms in total. The van der Waals surface area contributed by atoms with Gasteiger partial charge in [-0.05, 0) is 44.6 Å². The molecule has 1 aromatic rings. The van der Waals surface area contributed by atoms with Crippen molar-refractivity contribution in [2.24, 2.45) is 0 Å². The number of ether oxygens (including phenoxy) is 1. The van der Waals surface area contributed by atoms with Gasteiger partial charge >= 0.3 is 0 Å². The van der Waals surface area contributed by atoms with Gasteiger partial charge in [0.15, 0.2) is 0 Å². The van der Waals surface area contributed by atoms with E-state index in [9.17, 15) is 0 Å². The minimum atomic E-state index is 0.426. The van der Waals surface area contributed by atoms with Crippen molar-refractivity contribution in [3.05, 3.63) is 29.8 Å². The normalized spacial score (nSPS) is 20.4. The van der Waals surface area contributed by atoms with Gasteiger partial charge in [0.2, 0.25) is 0 Å². The molecule has 2 unspecified atom stereocenters. The van der Waals surface area contributed by atoms with E-state index in [1.807, 2.05) is 0 Å². The third kappa shape index (κ3) is 3.90. The van der Waals surface area contributed by atoms with Crippen LogP contribution in [-0.2, 0) is 0 Å². The maximum absolute atomic E-state index is 5.81. The first-order valence-corrected chi connectivity index (χ1v) is 8.48. The fourth-order valence-corrected chi connectivity index (χ4v) is 4.04. The van der Waals surface area contributed by atoms with E-state index in [1.54, 1.807) is 0 Å². The zero-order chi connectivity index (χ0) is 13.5. The van der Waals surface area contributed by atoms with Gasteiger partial charge in [-0.15, -0.1) is 0 Å². The minimum absolute atomic E-state index is 0.426. The number of rotatable bonds is 7. The average Bonchev–Trinajstić information content (AvgIpc) is 2.95. The molecule has 1 saturated heterocycles. The average molecular weight is 279 g/mol. The van der Waals surface area contributed by atoms with E-state index in [1.165, 1.54) is 30.6 Å². The Morgan fingerprint density at radius 1 is 1.37 bits per heavy atom. The van der Waals surface area contributed by atoms with Crippen LogP contribution < -0.4 is 10.1 Å². The quantitative estimate of drug-likeness (QED) is 0.814. The first kappa shape index (κ1) is 14.7. The van der Waals surface area contributed by atoms with Gasteiger partial charge in [0, 0.05) is 16.9 Å². The van der Waals surface area contributed by atoms with Crippen LogP contribution in [0.2, 0.25) is 0 Å². The second-order valence-electron chi connectivity index (χ2n) is 4.95. The van der Waals surface area contributed by atoms with Crippen LogP contribution in [0.15, 0.2) is 24.3 Å². The van der Waals surface area contributed by atoms with E-state index in [-0.39, 0.29) is 0 Å². The molecule has 0 amide bonds. The van der Waals surface area contributed by atoms with Crippen LogP contribution in [0.1, 0.15) is 44.7 Å². The van der Waals surface area contributed by atoms with Crippen LogP contribution in [0, 0.1) is 0 Å². The summed E-state index contributed by atoms with van der Waals surface area (Å²) in [7, 11) is 0. The summed E-state index contributed by atoms with van der Waals surface area (Å²) in [5, 5.41) is 4.41. The van der Waals surface area contributed by atoms with Gasteiger partial charge in [0.25, 0.3) is 0 Å². The van der Waals surface area contributed by atoms with E-state index >= 15 is 0 Å². The minimum Gasteiger partial charge on any atom is -0.494 e.